The number of benzene rings is 3. The molecular weight excluding hydrogens is 492 g/mol. The Morgan fingerprint density at radius 3 is 1.78 bits per heavy atom. The molecule has 3 aromatic rings. The Bertz CT molecular complexity index is 1140. The van der Waals surface area contributed by atoms with Crippen LogP contribution < -0.4 is 4.74 Å². The standard InChI is InChI=1S/C25H19F6NO4/c26-24(27,28)19-8-4-17(5-9-19)23(18-6-10-20(11-7-18)25(29,30)31)32-36-13-12-35-21-3-1-2-16(14-21)15-22(33)34/h1-11,14H,12-13,15H2,(H,33,34). The molecule has 0 fully saturated rings. The van der Waals surface area contributed by atoms with Crippen molar-refractivity contribution < 1.29 is 45.8 Å². The largest absolute Gasteiger partial charge is 0.490 e. The monoisotopic (exact) mass is 511 g/mol. The number of ether oxygens (including phenoxy) is 1. The van der Waals surface area contributed by atoms with Crippen LogP contribution in [0.5, 0.6) is 5.75 Å². The molecule has 0 aliphatic carbocycles. The Kier molecular flexibility index (Phi) is 8.23. The molecule has 1 N–H and O–H groups in total. The SMILES string of the molecule is O=C(O)Cc1cccc(OCCON=C(c2ccc(C(F)(F)F)cc2)c2ccc(C(F)(F)F)cc2)c1. The van der Waals surface area contributed by atoms with Crippen LogP contribution in [0.4, 0.5) is 26.3 Å². The molecule has 0 atom stereocenters. The molecule has 36 heavy (non-hydrogen) atoms. The summed E-state index contributed by atoms with van der Waals surface area (Å²) in [6, 6.07) is 14.3. The zero-order chi connectivity index (χ0) is 26.3. The maximum absolute atomic E-state index is 12.9. The summed E-state index contributed by atoms with van der Waals surface area (Å²) in [5, 5.41) is 12.8. The van der Waals surface area contributed by atoms with E-state index in [1.807, 2.05) is 0 Å². The van der Waals surface area contributed by atoms with Crippen LogP contribution in [0.15, 0.2) is 78.0 Å². The predicted octanol–water partition coefficient (Wildman–Crippen LogP) is 6.20. The summed E-state index contributed by atoms with van der Waals surface area (Å²) < 4.78 is 82.9. The first-order valence-electron chi connectivity index (χ1n) is 10.4. The number of oxime groups is 1. The highest BCUT2D eigenvalue weighted by Gasteiger charge is 2.31. The normalized spacial score (nSPS) is 11.6. The molecule has 0 radical (unpaired) electrons. The number of rotatable bonds is 9. The lowest BCUT2D eigenvalue weighted by molar-refractivity contribution is -0.138. The molecule has 0 amide bonds. The van der Waals surface area contributed by atoms with Crippen molar-refractivity contribution in [3.05, 3.63) is 101 Å². The van der Waals surface area contributed by atoms with Gasteiger partial charge in [-0.25, -0.2) is 0 Å². The third-order valence-corrected chi connectivity index (χ3v) is 4.82. The second-order valence-corrected chi connectivity index (χ2v) is 7.49. The second kappa shape index (κ2) is 11.1. The van der Waals surface area contributed by atoms with E-state index >= 15 is 0 Å². The zero-order valence-corrected chi connectivity index (χ0v) is 18.4. The van der Waals surface area contributed by atoms with Gasteiger partial charge in [-0.2, -0.15) is 26.3 Å². The van der Waals surface area contributed by atoms with Crippen molar-refractivity contribution in [2.24, 2.45) is 5.16 Å². The van der Waals surface area contributed by atoms with Gasteiger partial charge in [0, 0.05) is 11.1 Å². The van der Waals surface area contributed by atoms with Crippen LogP contribution in [0.2, 0.25) is 0 Å². The van der Waals surface area contributed by atoms with Crippen molar-refractivity contribution in [3.8, 4) is 5.75 Å². The van der Waals surface area contributed by atoms with Crippen LogP contribution in [0.1, 0.15) is 27.8 Å². The molecule has 0 saturated carbocycles. The van der Waals surface area contributed by atoms with Crippen LogP contribution >= 0.6 is 0 Å². The van der Waals surface area contributed by atoms with E-state index in [1.165, 1.54) is 0 Å². The average Bonchev–Trinajstić information content (AvgIpc) is 2.80. The van der Waals surface area contributed by atoms with Crippen LogP contribution in [0, 0.1) is 0 Å². The van der Waals surface area contributed by atoms with Crippen molar-refractivity contribution in [1.29, 1.82) is 0 Å². The fourth-order valence-electron chi connectivity index (χ4n) is 3.13. The third kappa shape index (κ3) is 7.49. The molecule has 0 aliphatic rings. The molecule has 3 aromatic carbocycles. The van der Waals surface area contributed by atoms with E-state index in [9.17, 15) is 31.1 Å². The number of halogens is 6. The van der Waals surface area contributed by atoms with Gasteiger partial charge in [-0.1, -0.05) is 41.6 Å². The first-order chi connectivity index (χ1) is 16.9. The lowest BCUT2D eigenvalue weighted by atomic mass is 10.00. The number of hydrogen-bond donors (Lipinski definition) is 1. The van der Waals surface area contributed by atoms with Gasteiger partial charge in [0.15, 0.2) is 6.61 Å². The summed E-state index contributed by atoms with van der Waals surface area (Å²) in [5.41, 5.74) is -0.822. The lowest BCUT2D eigenvalue weighted by Gasteiger charge is -2.12. The molecule has 0 aliphatic heterocycles. The fraction of sp³-hybridized carbons (Fsp3) is 0.200. The minimum Gasteiger partial charge on any atom is -0.490 e. The minimum absolute atomic E-state index is 0.00662. The maximum atomic E-state index is 12.9. The van der Waals surface area contributed by atoms with E-state index in [2.05, 4.69) is 5.16 Å². The van der Waals surface area contributed by atoms with E-state index in [-0.39, 0.29) is 36.5 Å². The van der Waals surface area contributed by atoms with Gasteiger partial charge in [-0.05, 0) is 42.0 Å². The Balaban J connectivity index is 1.75. The lowest BCUT2D eigenvalue weighted by Crippen LogP contribution is -2.11. The molecule has 5 nitrogen and oxygen atoms in total. The molecular formula is C25H19F6NO4. The summed E-state index contributed by atoms with van der Waals surface area (Å²) in [6.45, 7) is -0.110. The van der Waals surface area contributed by atoms with Crippen molar-refractivity contribution in [2.75, 3.05) is 13.2 Å². The highest BCUT2D eigenvalue weighted by molar-refractivity contribution is 6.12. The molecule has 0 unspecified atom stereocenters. The number of aliphatic carboxylic acids is 1. The van der Waals surface area contributed by atoms with E-state index in [1.54, 1.807) is 24.3 Å². The van der Waals surface area contributed by atoms with Crippen molar-refractivity contribution in [1.82, 2.24) is 0 Å². The Hall–Kier alpha value is -4.02. The van der Waals surface area contributed by atoms with E-state index in [0.717, 1.165) is 48.5 Å². The number of hydrogen-bond acceptors (Lipinski definition) is 4. The zero-order valence-electron chi connectivity index (χ0n) is 18.4. The Morgan fingerprint density at radius 1 is 0.778 bits per heavy atom. The molecule has 0 spiro atoms. The van der Waals surface area contributed by atoms with Crippen molar-refractivity contribution >= 4 is 11.7 Å². The molecule has 11 heteroatoms. The molecule has 0 bridgehead atoms. The van der Waals surface area contributed by atoms with E-state index < -0.39 is 29.4 Å². The summed E-state index contributed by atoms with van der Waals surface area (Å²) in [5.74, 6) is -0.601. The Morgan fingerprint density at radius 2 is 1.31 bits per heavy atom. The number of carboxylic acid groups (broad SMARTS) is 1. The highest BCUT2D eigenvalue weighted by Crippen LogP contribution is 2.31. The van der Waals surface area contributed by atoms with Gasteiger partial charge in [0.25, 0.3) is 0 Å². The Labute approximate surface area is 201 Å². The van der Waals surface area contributed by atoms with Crippen molar-refractivity contribution in [3.63, 3.8) is 0 Å². The van der Waals surface area contributed by atoms with Crippen LogP contribution in [-0.2, 0) is 28.4 Å². The molecule has 3 rings (SSSR count). The van der Waals surface area contributed by atoms with Crippen LogP contribution in [-0.4, -0.2) is 30.0 Å². The number of carbonyl (C=O) groups is 1. The molecule has 0 aromatic heterocycles. The van der Waals surface area contributed by atoms with Crippen molar-refractivity contribution in [2.45, 2.75) is 18.8 Å². The number of alkyl halides is 6. The fourth-order valence-corrected chi connectivity index (χ4v) is 3.13. The average molecular weight is 511 g/mol. The van der Waals surface area contributed by atoms with Gasteiger partial charge in [0.05, 0.1) is 17.5 Å². The van der Waals surface area contributed by atoms with Gasteiger partial charge in [0.1, 0.15) is 18.1 Å². The van der Waals surface area contributed by atoms with Crippen LogP contribution in [0.3, 0.4) is 0 Å². The topological polar surface area (TPSA) is 68.1 Å². The summed E-state index contributed by atoms with van der Waals surface area (Å²) in [7, 11) is 0. The van der Waals surface area contributed by atoms with Crippen LogP contribution in [0.25, 0.3) is 0 Å². The van der Waals surface area contributed by atoms with Gasteiger partial charge in [-0.3, -0.25) is 4.79 Å². The number of nitrogens with zero attached hydrogens (tertiary/aromatic N) is 1. The van der Waals surface area contributed by atoms with Gasteiger partial charge < -0.3 is 14.7 Å². The highest BCUT2D eigenvalue weighted by atomic mass is 19.4. The first-order valence-corrected chi connectivity index (χ1v) is 10.4. The molecule has 0 saturated heterocycles. The first kappa shape index (κ1) is 26.6. The molecule has 190 valence electrons. The van der Waals surface area contributed by atoms with Gasteiger partial charge >= 0.3 is 18.3 Å². The van der Waals surface area contributed by atoms with E-state index in [4.69, 9.17) is 14.7 Å². The summed E-state index contributed by atoms with van der Waals surface area (Å²) >= 11 is 0. The molecule has 0 heterocycles. The minimum atomic E-state index is -4.56. The van der Waals surface area contributed by atoms with E-state index in [0.29, 0.717) is 11.3 Å². The summed E-state index contributed by atoms with van der Waals surface area (Å²) in [6.07, 6.45) is -9.29. The number of carboxylic acids is 1. The van der Waals surface area contributed by atoms with Gasteiger partial charge in [-0.15, -0.1) is 0 Å². The quantitative estimate of drug-likeness (QED) is 0.161. The second-order valence-electron chi connectivity index (χ2n) is 7.49. The smallest absolute Gasteiger partial charge is 0.416 e. The predicted molar refractivity (Wildman–Crippen MR) is 118 cm³/mol. The maximum Gasteiger partial charge on any atom is 0.416 e. The summed E-state index contributed by atoms with van der Waals surface area (Å²) in [4.78, 5) is 16.1. The van der Waals surface area contributed by atoms with Gasteiger partial charge in [0.2, 0.25) is 0 Å². The third-order valence-electron chi connectivity index (χ3n) is 4.82.